The molecule has 1 N–H and O–H groups in total. The molecule has 0 unspecified atom stereocenters. The fourth-order valence-corrected chi connectivity index (χ4v) is 4.22. The third-order valence-corrected chi connectivity index (χ3v) is 5.80. The molecule has 30 heavy (non-hydrogen) atoms. The van der Waals surface area contributed by atoms with Crippen LogP contribution in [0.5, 0.6) is 0 Å². The van der Waals surface area contributed by atoms with Crippen LogP contribution in [0.4, 0.5) is 0 Å². The Morgan fingerprint density at radius 3 is 2.73 bits per heavy atom. The summed E-state index contributed by atoms with van der Waals surface area (Å²) in [5, 5.41) is 6.83. The number of aromatic nitrogens is 4. The SMILES string of the molecule is Cc1noc(CSc2ccccc2C(=O)NCCCn2c(C)nc3ccccc32)n1. The number of hydrogen-bond acceptors (Lipinski definition) is 6. The Balaban J connectivity index is 1.33. The summed E-state index contributed by atoms with van der Waals surface area (Å²) in [6.07, 6.45) is 0.823. The van der Waals surface area contributed by atoms with E-state index in [1.807, 2.05) is 49.4 Å². The molecule has 2 heterocycles. The van der Waals surface area contributed by atoms with Crippen molar-refractivity contribution in [2.75, 3.05) is 6.54 Å². The zero-order valence-electron chi connectivity index (χ0n) is 17.0. The van der Waals surface area contributed by atoms with Crippen LogP contribution >= 0.6 is 11.8 Å². The molecule has 0 aliphatic heterocycles. The van der Waals surface area contributed by atoms with Gasteiger partial charge in [0.2, 0.25) is 5.89 Å². The second-order valence-corrected chi connectivity index (χ2v) is 7.95. The minimum Gasteiger partial charge on any atom is -0.352 e. The second-order valence-electron chi connectivity index (χ2n) is 6.93. The third kappa shape index (κ3) is 4.54. The topological polar surface area (TPSA) is 85.8 Å². The van der Waals surface area contributed by atoms with Crippen molar-refractivity contribution < 1.29 is 9.32 Å². The van der Waals surface area contributed by atoms with Gasteiger partial charge < -0.3 is 14.4 Å². The van der Waals surface area contributed by atoms with Gasteiger partial charge in [-0.1, -0.05) is 29.4 Å². The molecule has 1 amide bonds. The van der Waals surface area contributed by atoms with Crippen molar-refractivity contribution >= 4 is 28.7 Å². The molecule has 2 aromatic heterocycles. The van der Waals surface area contributed by atoms with Crippen molar-refractivity contribution in [3.05, 3.63) is 71.6 Å². The standard InChI is InChI=1S/C22H23N5O2S/c1-15-24-21(29-26-15)14-30-20-11-6-3-8-17(20)22(28)23-12-7-13-27-16(2)25-18-9-4-5-10-19(18)27/h3-6,8-11H,7,12-14H2,1-2H3,(H,23,28). The highest BCUT2D eigenvalue weighted by Crippen LogP contribution is 2.25. The summed E-state index contributed by atoms with van der Waals surface area (Å²) < 4.78 is 7.34. The summed E-state index contributed by atoms with van der Waals surface area (Å²) in [6.45, 7) is 5.19. The largest absolute Gasteiger partial charge is 0.352 e. The van der Waals surface area contributed by atoms with Crippen molar-refractivity contribution in [1.29, 1.82) is 0 Å². The van der Waals surface area contributed by atoms with Crippen LogP contribution in [0, 0.1) is 13.8 Å². The van der Waals surface area contributed by atoms with Gasteiger partial charge in [0.15, 0.2) is 5.82 Å². The molecule has 2 aromatic carbocycles. The summed E-state index contributed by atoms with van der Waals surface area (Å²) in [6, 6.07) is 15.7. The van der Waals surface area contributed by atoms with Crippen LogP contribution in [0.1, 0.15) is 34.3 Å². The van der Waals surface area contributed by atoms with Crippen molar-refractivity contribution in [3.8, 4) is 0 Å². The number of benzene rings is 2. The van der Waals surface area contributed by atoms with Gasteiger partial charge in [0.05, 0.1) is 22.3 Å². The quantitative estimate of drug-likeness (QED) is 0.340. The minimum atomic E-state index is -0.0768. The maximum atomic E-state index is 12.7. The molecule has 0 spiro atoms. The first kappa shape index (κ1) is 20.2. The molecule has 0 saturated carbocycles. The summed E-state index contributed by atoms with van der Waals surface area (Å²) in [5.41, 5.74) is 2.78. The molecule has 0 aliphatic rings. The lowest BCUT2D eigenvalue weighted by Gasteiger charge is -2.10. The van der Waals surface area contributed by atoms with Crippen LogP contribution in [0.25, 0.3) is 11.0 Å². The van der Waals surface area contributed by atoms with E-state index in [1.54, 1.807) is 6.92 Å². The van der Waals surface area contributed by atoms with Crippen LogP contribution < -0.4 is 5.32 Å². The first-order chi connectivity index (χ1) is 14.6. The van der Waals surface area contributed by atoms with E-state index < -0.39 is 0 Å². The maximum absolute atomic E-state index is 12.7. The highest BCUT2D eigenvalue weighted by atomic mass is 32.2. The van der Waals surface area contributed by atoms with Gasteiger partial charge in [-0.25, -0.2) is 4.98 Å². The van der Waals surface area contributed by atoms with Crippen molar-refractivity contribution in [1.82, 2.24) is 25.0 Å². The monoisotopic (exact) mass is 421 g/mol. The number of hydrogen-bond donors (Lipinski definition) is 1. The number of fused-ring (bicyclic) bond motifs is 1. The number of carbonyl (C=O) groups excluding carboxylic acids is 1. The number of carbonyl (C=O) groups is 1. The Morgan fingerprint density at radius 1 is 1.10 bits per heavy atom. The normalized spacial score (nSPS) is 11.1. The maximum Gasteiger partial charge on any atom is 0.252 e. The predicted octanol–water partition coefficient (Wildman–Crippen LogP) is 4.15. The molecular weight excluding hydrogens is 398 g/mol. The average molecular weight is 422 g/mol. The average Bonchev–Trinajstić information content (AvgIpc) is 3.32. The molecule has 154 valence electrons. The minimum absolute atomic E-state index is 0.0768. The lowest BCUT2D eigenvalue weighted by Crippen LogP contribution is -2.25. The number of aryl methyl sites for hydroxylation is 3. The molecule has 0 aliphatic carbocycles. The van der Waals surface area contributed by atoms with Crippen LogP contribution in [0.15, 0.2) is 57.9 Å². The summed E-state index contributed by atoms with van der Waals surface area (Å²) in [7, 11) is 0. The fraction of sp³-hybridized carbons (Fsp3) is 0.273. The van der Waals surface area contributed by atoms with E-state index in [-0.39, 0.29) is 5.91 Å². The Bertz CT molecular complexity index is 1170. The zero-order chi connectivity index (χ0) is 20.9. The van der Waals surface area contributed by atoms with Gasteiger partial charge in [-0.2, -0.15) is 4.98 Å². The van der Waals surface area contributed by atoms with Gasteiger partial charge >= 0.3 is 0 Å². The molecule has 4 rings (SSSR count). The van der Waals surface area contributed by atoms with Crippen LogP contribution in [0.3, 0.4) is 0 Å². The van der Waals surface area contributed by atoms with Gasteiger partial charge in [0.1, 0.15) is 5.82 Å². The van der Waals surface area contributed by atoms with E-state index in [0.717, 1.165) is 34.7 Å². The van der Waals surface area contributed by atoms with Gasteiger partial charge in [-0.15, -0.1) is 11.8 Å². The predicted molar refractivity (Wildman–Crippen MR) is 116 cm³/mol. The molecule has 8 heteroatoms. The lowest BCUT2D eigenvalue weighted by molar-refractivity contribution is 0.0950. The molecule has 0 radical (unpaired) electrons. The van der Waals surface area contributed by atoms with E-state index in [2.05, 4.69) is 31.1 Å². The number of thioether (sulfide) groups is 1. The molecule has 0 fully saturated rings. The summed E-state index contributed by atoms with van der Waals surface area (Å²) >= 11 is 1.51. The Hall–Kier alpha value is -3.13. The second kappa shape index (κ2) is 9.13. The van der Waals surface area contributed by atoms with Crippen LogP contribution in [-0.2, 0) is 12.3 Å². The third-order valence-electron chi connectivity index (χ3n) is 4.74. The Kier molecular flexibility index (Phi) is 6.13. The van der Waals surface area contributed by atoms with E-state index >= 15 is 0 Å². The number of amides is 1. The smallest absolute Gasteiger partial charge is 0.252 e. The fourth-order valence-electron chi connectivity index (χ4n) is 3.33. The van der Waals surface area contributed by atoms with E-state index in [1.165, 1.54) is 11.8 Å². The number of rotatable bonds is 8. The van der Waals surface area contributed by atoms with Crippen molar-refractivity contribution in [3.63, 3.8) is 0 Å². The van der Waals surface area contributed by atoms with Crippen molar-refractivity contribution in [2.45, 2.75) is 37.5 Å². The van der Waals surface area contributed by atoms with Gasteiger partial charge in [0.25, 0.3) is 5.91 Å². The number of nitrogens with one attached hydrogen (secondary N) is 1. The molecule has 0 atom stereocenters. The highest BCUT2D eigenvalue weighted by Gasteiger charge is 2.13. The molecule has 0 saturated heterocycles. The molecule has 0 bridgehead atoms. The lowest BCUT2D eigenvalue weighted by atomic mass is 10.2. The van der Waals surface area contributed by atoms with Gasteiger partial charge in [-0.05, 0) is 44.5 Å². The van der Waals surface area contributed by atoms with Crippen LogP contribution in [0.2, 0.25) is 0 Å². The number of nitrogens with zero attached hydrogens (tertiary/aromatic N) is 4. The molecular formula is C22H23N5O2S. The number of para-hydroxylation sites is 2. The first-order valence-corrected chi connectivity index (χ1v) is 10.8. The Morgan fingerprint density at radius 2 is 1.90 bits per heavy atom. The van der Waals surface area contributed by atoms with E-state index in [9.17, 15) is 4.79 Å². The van der Waals surface area contributed by atoms with E-state index in [0.29, 0.717) is 29.6 Å². The van der Waals surface area contributed by atoms with Crippen molar-refractivity contribution in [2.24, 2.45) is 0 Å². The Labute approximate surface area is 178 Å². The molecule has 4 aromatic rings. The number of imidazole rings is 1. The van der Waals surface area contributed by atoms with Gasteiger partial charge in [0, 0.05) is 18.0 Å². The highest BCUT2D eigenvalue weighted by molar-refractivity contribution is 7.98. The molecule has 7 nitrogen and oxygen atoms in total. The first-order valence-electron chi connectivity index (χ1n) is 9.83. The summed E-state index contributed by atoms with van der Waals surface area (Å²) in [4.78, 5) is 22.4. The van der Waals surface area contributed by atoms with E-state index in [4.69, 9.17) is 4.52 Å². The van der Waals surface area contributed by atoms with Crippen LogP contribution in [-0.4, -0.2) is 32.1 Å². The zero-order valence-corrected chi connectivity index (χ0v) is 17.8. The van der Waals surface area contributed by atoms with Gasteiger partial charge in [-0.3, -0.25) is 4.79 Å². The summed E-state index contributed by atoms with van der Waals surface area (Å²) in [5.74, 6) is 2.60.